The number of fused-ring (bicyclic) bond motifs is 1. The zero-order valence-electron chi connectivity index (χ0n) is 7.26. The van der Waals surface area contributed by atoms with Crippen molar-refractivity contribution in [2.24, 2.45) is 0 Å². The van der Waals surface area contributed by atoms with Crippen LogP contribution in [0.4, 0.5) is 10.1 Å². The maximum absolute atomic E-state index is 13.5. The van der Waals surface area contributed by atoms with Crippen LogP contribution < -0.4 is 14.8 Å². The van der Waals surface area contributed by atoms with Crippen LogP contribution in [-0.2, 0) is 0 Å². The zero-order valence-corrected chi connectivity index (χ0v) is 7.26. The Morgan fingerprint density at radius 1 is 1.31 bits per heavy atom. The summed E-state index contributed by atoms with van der Waals surface area (Å²) in [7, 11) is 1.66. The minimum Gasteiger partial charge on any atom is -0.486 e. The zero-order chi connectivity index (χ0) is 9.26. The minimum atomic E-state index is -0.389. The molecular weight excluding hydrogens is 173 g/mol. The van der Waals surface area contributed by atoms with Gasteiger partial charge in [-0.1, -0.05) is 0 Å². The lowest BCUT2D eigenvalue weighted by atomic mass is 10.2. The van der Waals surface area contributed by atoms with Crippen molar-refractivity contribution >= 4 is 5.69 Å². The van der Waals surface area contributed by atoms with Crippen molar-refractivity contribution in [3.8, 4) is 11.5 Å². The smallest absolute Gasteiger partial charge is 0.199 e. The van der Waals surface area contributed by atoms with E-state index in [0.29, 0.717) is 24.7 Å². The predicted molar refractivity (Wildman–Crippen MR) is 46.9 cm³/mol. The molecule has 0 fully saturated rings. The van der Waals surface area contributed by atoms with Crippen molar-refractivity contribution in [2.75, 3.05) is 25.6 Å². The van der Waals surface area contributed by atoms with Crippen LogP contribution >= 0.6 is 0 Å². The molecule has 1 aliphatic rings. The van der Waals surface area contributed by atoms with Crippen LogP contribution in [0.5, 0.6) is 11.5 Å². The Morgan fingerprint density at radius 3 is 2.85 bits per heavy atom. The molecule has 0 atom stereocenters. The lowest BCUT2D eigenvalue weighted by molar-refractivity contribution is 0.164. The Balaban J connectivity index is 2.48. The molecule has 0 bridgehead atoms. The van der Waals surface area contributed by atoms with Gasteiger partial charge < -0.3 is 14.8 Å². The molecule has 1 aliphatic heterocycles. The first kappa shape index (κ1) is 8.16. The van der Waals surface area contributed by atoms with Gasteiger partial charge in [-0.05, 0) is 12.1 Å². The van der Waals surface area contributed by atoms with E-state index in [9.17, 15) is 4.39 Å². The van der Waals surface area contributed by atoms with Gasteiger partial charge in [0, 0.05) is 7.05 Å². The lowest BCUT2D eigenvalue weighted by Crippen LogP contribution is -2.16. The number of hydrogen-bond donors (Lipinski definition) is 1. The molecule has 0 spiro atoms. The predicted octanol–water partition coefficient (Wildman–Crippen LogP) is 1.64. The number of ether oxygens (including phenoxy) is 2. The first-order valence-electron chi connectivity index (χ1n) is 4.09. The molecule has 0 aromatic heterocycles. The van der Waals surface area contributed by atoms with E-state index in [4.69, 9.17) is 9.47 Å². The van der Waals surface area contributed by atoms with Crippen LogP contribution in [0.2, 0.25) is 0 Å². The van der Waals surface area contributed by atoms with Crippen molar-refractivity contribution in [2.45, 2.75) is 0 Å². The van der Waals surface area contributed by atoms with Crippen LogP contribution in [-0.4, -0.2) is 20.3 Å². The van der Waals surface area contributed by atoms with Crippen molar-refractivity contribution in [3.63, 3.8) is 0 Å². The molecule has 0 amide bonds. The maximum atomic E-state index is 13.5. The molecule has 2 rings (SSSR count). The highest BCUT2D eigenvalue weighted by Crippen LogP contribution is 2.36. The van der Waals surface area contributed by atoms with Gasteiger partial charge in [-0.2, -0.15) is 0 Å². The van der Waals surface area contributed by atoms with Gasteiger partial charge in [0.2, 0.25) is 0 Å². The van der Waals surface area contributed by atoms with Crippen LogP contribution in [0, 0.1) is 5.82 Å². The Kier molecular flexibility index (Phi) is 1.96. The van der Waals surface area contributed by atoms with E-state index >= 15 is 0 Å². The van der Waals surface area contributed by atoms with Crippen molar-refractivity contribution in [1.82, 2.24) is 0 Å². The fourth-order valence-corrected chi connectivity index (χ4v) is 1.27. The van der Waals surface area contributed by atoms with Crippen molar-refractivity contribution in [1.29, 1.82) is 0 Å². The van der Waals surface area contributed by atoms with Gasteiger partial charge in [0.05, 0.1) is 5.69 Å². The van der Waals surface area contributed by atoms with Gasteiger partial charge in [0.15, 0.2) is 17.3 Å². The fraction of sp³-hybridized carbons (Fsp3) is 0.333. The van der Waals surface area contributed by atoms with E-state index in [2.05, 4.69) is 5.32 Å². The number of anilines is 1. The van der Waals surface area contributed by atoms with Crippen LogP contribution in [0.1, 0.15) is 0 Å². The quantitative estimate of drug-likeness (QED) is 0.717. The van der Waals surface area contributed by atoms with E-state index < -0.39 is 0 Å². The van der Waals surface area contributed by atoms with Gasteiger partial charge in [-0.15, -0.1) is 0 Å². The molecule has 3 nitrogen and oxygen atoms in total. The summed E-state index contributed by atoms with van der Waals surface area (Å²) in [5, 5.41) is 2.73. The topological polar surface area (TPSA) is 30.5 Å². The maximum Gasteiger partial charge on any atom is 0.199 e. The van der Waals surface area contributed by atoms with Crippen LogP contribution in [0.3, 0.4) is 0 Å². The molecule has 0 aliphatic carbocycles. The third kappa shape index (κ3) is 1.28. The average molecular weight is 183 g/mol. The summed E-state index contributed by atoms with van der Waals surface area (Å²) in [4.78, 5) is 0. The summed E-state index contributed by atoms with van der Waals surface area (Å²) in [5.41, 5.74) is 0.421. The molecule has 1 aromatic rings. The number of halogens is 1. The standard InChI is InChI=1S/C9H10FNO2/c1-11-6-2-3-7-9(8(6)10)13-5-4-12-7/h2-3,11H,4-5H2,1H3. The Morgan fingerprint density at radius 2 is 2.08 bits per heavy atom. The molecule has 0 radical (unpaired) electrons. The summed E-state index contributed by atoms with van der Waals surface area (Å²) < 4.78 is 23.9. The van der Waals surface area contributed by atoms with Gasteiger partial charge >= 0.3 is 0 Å². The van der Waals surface area contributed by atoms with E-state index in [0.717, 1.165) is 0 Å². The van der Waals surface area contributed by atoms with E-state index in [1.165, 1.54) is 0 Å². The average Bonchev–Trinajstić information content (AvgIpc) is 2.19. The SMILES string of the molecule is CNc1ccc2c(c1F)OCCO2. The van der Waals surface area contributed by atoms with Crippen LogP contribution in [0.15, 0.2) is 12.1 Å². The molecule has 4 heteroatoms. The Hall–Kier alpha value is -1.45. The molecular formula is C9H10FNO2. The van der Waals surface area contributed by atoms with Gasteiger partial charge in [0.25, 0.3) is 0 Å². The first-order valence-corrected chi connectivity index (χ1v) is 4.09. The van der Waals surface area contributed by atoms with Gasteiger partial charge in [-0.25, -0.2) is 4.39 Å². The molecule has 0 saturated carbocycles. The Labute approximate surface area is 75.5 Å². The Bertz CT molecular complexity index is 328. The number of hydrogen-bond acceptors (Lipinski definition) is 3. The second-order valence-corrected chi connectivity index (χ2v) is 2.70. The summed E-state index contributed by atoms with van der Waals surface area (Å²) in [6.45, 7) is 0.877. The molecule has 13 heavy (non-hydrogen) atoms. The third-order valence-electron chi connectivity index (χ3n) is 1.92. The molecule has 70 valence electrons. The summed E-state index contributed by atoms with van der Waals surface area (Å²) in [6.07, 6.45) is 0. The van der Waals surface area contributed by atoms with Crippen molar-refractivity contribution in [3.05, 3.63) is 17.9 Å². The third-order valence-corrected chi connectivity index (χ3v) is 1.92. The highest BCUT2D eigenvalue weighted by atomic mass is 19.1. The normalized spacial score (nSPS) is 14.0. The second-order valence-electron chi connectivity index (χ2n) is 2.70. The van der Waals surface area contributed by atoms with Gasteiger partial charge in [-0.3, -0.25) is 0 Å². The van der Waals surface area contributed by atoms with E-state index in [1.54, 1.807) is 19.2 Å². The molecule has 0 saturated heterocycles. The molecule has 1 N–H and O–H groups in total. The largest absolute Gasteiger partial charge is 0.486 e. The highest BCUT2D eigenvalue weighted by Gasteiger charge is 2.18. The number of rotatable bonds is 1. The highest BCUT2D eigenvalue weighted by molar-refractivity contribution is 5.56. The van der Waals surface area contributed by atoms with Crippen molar-refractivity contribution < 1.29 is 13.9 Å². The lowest BCUT2D eigenvalue weighted by Gasteiger charge is -2.19. The summed E-state index contributed by atoms with van der Waals surface area (Å²) in [5.74, 6) is 0.292. The summed E-state index contributed by atoms with van der Waals surface area (Å²) >= 11 is 0. The number of benzene rings is 1. The van der Waals surface area contributed by atoms with Gasteiger partial charge in [0.1, 0.15) is 13.2 Å². The molecule has 0 unspecified atom stereocenters. The first-order chi connectivity index (χ1) is 6.33. The summed E-state index contributed by atoms with van der Waals surface area (Å²) in [6, 6.07) is 3.33. The van der Waals surface area contributed by atoms with Crippen LogP contribution in [0.25, 0.3) is 0 Å². The molecule has 1 heterocycles. The fourth-order valence-electron chi connectivity index (χ4n) is 1.27. The monoisotopic (exact) mass is 183 g/mol. The van der Waals surface area contributed by atoms with E-state index in [1.807, 2.05) is 0 Å². The van der Waals surface area contributed by atoms with E-state index in [-0.39, 0.29) is 11.6 Å². The minimum absolute atomic E-state index is 0.207. The number of nitrogens with one attached hydrogen (secondary N) is 1. The molecule has 1 aromatic carbocycles. The second kappa shape index (κ2) is 3.12.